The van der Waals surface area contributed by atoms with E-state index in [2.05, 4.69) is 6.07 Å². The molecule has 1 aliphatic carbocycles. The molecule has 1 saturated carbocycles. The standard InChI is InChI=1S/C22H25F2N5O2/c1-11(12-2-14(23)6-15(24)3-12)28-17-7-20(22(28)31)27(9-17)10-18(26)21(30)29-16(8-25)4-13-5-19(13)29/h2-3,6,11,13,16-20H,4-5,7,9-10,26H2,1H3/t11?,13-,16?,17?,18?,19?,20?/m1/s1. The molecule has 5 rings (SSSR count). The molecule has 0 spiro atoms. The fourth-order valence-corrected chi connectivity index (χ4v) is 5.79. The maximum atomic E-state index is 13.6. The van der Waals surface area contributed by atoms with Gasteiger partial charge in [-0.05, 0) is 49.8 Å². The van der Waals surface area contributed by atoms with Crippen LogP contribution in [0.15, 0.2) is 18.2 Å². The molecule has 3 aliphatic heterocycles. The Kier molecular flexibility index (Phi) is 4.75. The molecule has 6 unspecified atom stereocenters. The number of likely N-dealkylation sites (tertiary alicyclic amines) is 3. The van der Waals surface area contributed by atoms with Crippen LogP contribution in [0, 0.1) is 28.9 Å². The van der Waals surface area contributed by atoms with Crippen molar-refractivity contribution in [1.82, 2.24) is 14.7 Å². The molecule has 2 amide bonds. The minimum atomic E-state index is -0.787. The lowest BCUT2D eigenvalue weighted by Crippen LogP contribution is -2.57. The summed E-state index contributed by atoms with van der Waals surface area (Å²) in [4.78, 5) is 31.2. The van der Waals surface area contributed by atoms with E-state index in [9.17, 15) is 23.6 Å². The van der Waals surface area contributed by atoms with E-state index >= 15 is 0 Å². The Balaban J connectivity index is 1.24. The zero-order valence-corrected chi connectivity index (χ0v) is 17.2. The van der Waals surface area contributed by atoms with Crippen molar-refractivity contribution in [2.24, 2.45) is 11.7 Å². The van der Waals surface area contributed by atoms with Crippen LogP contribution in [0.2, 0.25) is 0 Å². The Bertz CT molecular complexity index is 961. The first-order chi connectivity index (χ1) is 14.8. The fourth-order valence-electron chi connectivity index (χ4n) is 5.79. The lowest BCUT2D eigenvalue weighted by molar-refractivity contribution is -0.141. The highest BCUT2D eigenvalue weighted by Crippen LogP contribution is 2.48. The molecule has 0 radical (unpaired) electrons. The van der Waals surface area contributed by atoms with Gasteiger partial charge in [-0.2, -0.15) is 5.26 Å². The van der Waals surface area contributed by atoms with Crippen LogP contribution in [0.25, 0.3) is 0 Å². The van der Waals surface area contributed by atoms with Gasteiger partial charge in [0.25, 0.3) is 0 Å². The number of piperazine rings is 1. The summed E-state index contributed by atoms with van der Waals surface area (Å²) >= 11 is 0. The molecule has 2 bridgehead atoms. The second-order valence-corrected chi connectivity index (χ2v) is 9.28. The molecule has 1 aromatic rings. The third-order valence-electron chi connectivity index (χ3n) is 7.36. The average Bonchev–Trinajstić information content (AvgIpc) is 3.05. The molecule has 7 nitrogen and oxygen atoms in total. The summed E-state index contributed by atoms with van der Waals surface area (Å²) in [5.41, 5.74) is 6.64. The first-order valence-electron chi connectivity index (χ1n) is 10.8. The quantitative estimate of drug-likeness (QED) is 0.758. The molecule has 3 saturated heterocycles. The zero-order chi connectivity index (χ0) is 22.0. The van der Waals surface area contributed by atoms with Gasteiger partial charge in [0.2, 0.25) is 11.8 Å². The lowest BCUT2D eigenvalue weighted by atomic mass is 10.0. The molecule has 4 fully saturated rings. The molecule has 1 aromatic carbocycles. The Morgan fingerprint density at radius 3 is 2.61 bits per heavy atom. The Morgan fingerprint density at radius 1 is 1.26 bits per heavy atom. The van der Waals surface area contributed by atoms with Crippen LogP contribution in [0.5, 0.6) is 0 Å². The van der Waals surface area contributed by atoms with Crippen molar-refractivity contribution in [2.75, 3.05) is 13.1 Å². The van der Waals surface area contributed by atoms with Gasteiger partial charge in [0.15, 0.2) is 0 Å². The van der Waals surface area contributed by atoms with Crippen molar-refractivity contribution >= 4 is 11.8 Å². The SMILES string of the molecule is CC(c1cc(F)cc(F)c1)N1C(=O)C2CC1CN2CC(N)C(=O)N1C(C#N)C[C@@H]2CC21. The van der Waals surface area contributed by atoms with Crippen LogP contribution in [-0.2, 0) is 9.59 Å². The Labute approximate surface area is 179 Å². The first kappa shape index (κ1) is 20.3. The van der Waals surface area contributed by atoms with E-state index < -0.39 is 29.8 Å². The minimum absolute atomic E-state index is 0.0902. The Morgan fingerprint density at radius 2 is 1.97 bits per heavy atom. The van der Waals surface area contributed by atoms with Gasteiger partial charge in [-0.3, -0.25) is 14.5 Å². The van der Waals surface area contributed by atoms with Crippen molar-refractivity contribution in [3.05, 3.63) is 35.4 Å². The number of rotatable bonds is 5. The van der Waals surface area contributed by atoms with Crippen molar-refractivity contribution in [2.45, 2.75) is 62.4 Å². The number of benzene rings is 1. The number of nitrogens with two attached hydrogens (primary N) is 1. The number of hydrogen-bond donors (Lipinski definition) is 1. The predicted octanol–water partition coefficient (Wildman–Crippen LogP) is 1.15. The number of nitrogens with zero attached hydrogens (tertiary/aromatic N) is 4. The van der Waals surface area contributed by atoms with Gasteiger partial charge in [0.05, 0.1) is 24.2 Å². The molecule has 7 atom stereocenters. The topological polar surface area (TPSA) is 93.7 Å². The summed E-state index contributed by atoms with van der Waals surface area (Å²) in [5.74, 6) is -1.23. The highest BCUT2D eigenvalue weighted by molar-refractivity contribution is 5.87. The molecule has 9 heteroatoms. The third-order valence-corrected chi connectivity index (χ3v) is 7.36. The number of halogens is 2. The van der Waals surface area contributed by atoms with Gasteiger partial charge in [-0.1, -0.05) is 0 Å². The van der Waals surface area contributed by atoms with Crippen LogP contribution in [0.1, 0.15) is 37.8 Å². The summed E-state index contributed by atoms with van der Waals surface area (Å²) in [7, 11) is 0. The maximum Gasteiger partial charge on any atom is 0.242 e. The van der Waals surface area contributed by atoms with E-state index in [4.69, 9.17) is 5.73 Å². The number of hydrogen-bond acceptors (Lipinski definition) is 5. The fraction of sp³-hybridized carbons (Fsp3) is 0.591. The van der Waals surface area contributed by atoms with Crippen molar-refractivity contribution in [3.8, 4) is 6.07 Å². The van der Waals surface area contributed by atoms with Gasteiger partial charge in [0.1, 0.15) is 17.7 Å². The summed E-state index contributed by atoms with van der Waals surface area (Å²) in [6.45, 7) is 2.59. The number of nitriles is 1. The van der Waals surface area contributed by atoms with E-state index in [-0.39, 0.29) is 36.5 Å². The molecule has 4 aliphatic rings. The normalized spacial score (nSPS) is 33.4. The monoisotopic (exact) mass is 429 g/mol. The van der Waals surface area contributed by atoms with Crippen LogP contribution >= 0.6 is 0 Å². The van der Waals surface area contributed by atoms with Crippen LogP contribution in [0.3, 0.4) is 0 Å². The number of piperidine rings is 1. The molecule has 3 heterocycles. The van der Waals surface area contributed by atoms with E-state index in [0.29, 0.717) is 24.4 Å². The molecular formula is C22H25F2N5O2. The maximum absolute atomic E-state index is 13.6. The van der Waals surface area contributed by atoms with E-state index in [1.165, 1.54) is 12.1 Å². The van der Waals surface area contributed by atoms with E-state index in [0.717, 1.165) is 18.9 Å². The molecule has 2 N–H and O–H groups in total. The zero-order valence-electron chi connectivity index (χ0n) is 17.2. The number of carbonyl (C=O) groups excluding carboxylic acids is 2. The second kappa shape index (κ2) is 7.24. The minimum Gasteiger partial charge on any atom is -0.330 e. The average molecular weight is 429 g/mol. The van der Waals surface area contributed by atoms with Gasteiger partial charge in [0, 0.05) is 31.2 Å². The molecule has 164 valence electrons. The largest absolute Gasteiger partial charge is 0.330 e. The van der Waals surface area contributed by atoms with Gasteiger partial charge in [-0.15, -0.1) is 0 Å². The third kappa shape index (κ3) is 3.29. The van der Waals surface area contributed by atoms with Crippen molar-refractivity contribution in [3.63, 3.8) is 0 Å². The highest BCUT2D eigenvalue weighted by Gasteiger charge is 2.56. The molecule has 0 aromatic heterocycles. The van der Waals surface area contributed by atoms with Gasteiger partial charge < -0.3 is 15.5 Å². The van der Waals surface area contributed by atoms with Gasteiger partial charge >= 0.3 is 0 Å². The smallest absolute Gasteiger partial charge is 0.242 e. The van der Waals surface area contributed by atoms with Crippen LogP contribution in [-0.4, -0.2) is 69.8 Å². The number of fused-ring (bicyclic) bond motifs is 3. The van der Waals surface area contributed by atoms with E-state index in [1.807, 2.05) is 4.90 Å². The molecule has 31 heavy (non-hydrogen) atoms. The number of amides is 2. The molecular weight excluding hydrogens is 404 g/mol. The highest BCUT2D eigenvalue weighted by atomic mass is 19.1. The summed E-state index contributed by atoms with van der Waals surface area (Å²) < 4.78 is 27.3. The lowest BCUT2D eigenvalue weighted by Gasteiger charge is -2.38. The first-order valence-corrected chi connectivity index (χ1v) is 10.8. The summed E-state index contributed by atoms with van der Waals surface area (Å²) in [6.07, 6.45) is 2.27. The summed E-state index contributed by atoms with van der Waals surface area (Å²) in [5, 5.41) is 9.33. The van der Waals surface area contributed by atoms with Crippen molar-refractivity contribution < 1.29 is 18.4 Å². The number of carbonyl (C=O) groups is 2. The summed E-state index contributed by atoms with van der Waals surface area (Å²) in [6, 6.07) is 3.56. The van der Waals surface area contributed by atoms with Crippen molar-refractivity contribution in [1.29, 1.82) is 5.26 Å². The van der Waals surface area contributed by atoms with Crippen LogP contribution in [0.4, 0.5) is 8.78 Å². The Hall–Kier alpha value is -2.57. The predicted molar refractivity (Wildman–Crippen MR) is 106 cm³/mol. The van der Waals surface area contributed by atoms with Gasteiger partial charge in [-0.25, -0.2) is 8.78 Å². The van der Waals surface area contributed by atoms with Crippen LogP contribution < -0.4 is 5.73 Å². The second-order valence-electron chi connectivity index (χ2n) is 9.28. The van der Waals surface area contributed by atoms with E-state index in [1.54, 1.807) is 16.7 Å².